The quantitative estimate of drug-likeness (QED) is 0.325. The Kier molecular flexibility index (Phi) is 7.81. The largest absolute Gasteiger partial charge is 0.466 e. The first-order valence-corrected chi connectivity index (χ1v) is 8.91. The molecule has 0 saturated heterocycles. The van der Waals surface area contributed by atoms with Gasteiger partial charge in [-0.3, -0.25) is 0 Å². The fourth-order valence-electron chi connectivity index (χ4n) is 1.75. The molecule has 0 aliphatic heterocycles. The van der Waals surface area contributed by atoms with Gasteiger partial charge in [-0.05, 0) is 45.3 Å². The standard InChI is InChI=1S/C17H18BrN3O2S/c1-22-12-23-16-8-7-14(9-15(16)18)10-20-21-17(19)24-11-13-5-3-2-4-6-13/h2-10H,11-12H2,1H3,(H2,19,21). The van der Waals surface area contributed by atoms with Crippen LogP contribution in [0.5, 0.6) is 5.75 Å². The van der Waals surface area contributed by atoms with E-state index in [1.54, 1.807) is 13.3 Å². The van der Waals surface area contributed by atoms with E-state index >= 15 is 0 Å². The number of benzene rings is 2. The van der Waals surface area contributed by atoms with Crippen molar-refractivity contribution in [3.63, 3.8) is 0 Å². The summed E-state index contributed by atoms with van der Waals surface area (Å²) in [5, 5.41) is 8.44. The molecular formula is C17H18BrN3O2S. The number of amidine groups is 1. The number of halogens is 1. The van der Waals surface area contributed by atoms with Crippen LogP contribution in [0.4, 0.5) is 0 Å². The van der Waals surface area contributed by atoms with E-state index in [-0.39, 0.29) is 6.79 Å². The molecule has 7 heteroatoms. The maximum absolute atomic E-state index is 5.85. The highest BCUT2D eigenvalue weighted by Gasteiger charge is 2.01. The van der Waals surface area contributed by atoms with Crippen LogP contribution in [-0.2, 0) is 10.5 Å². The van der Waals surface area contributed by atoms with Crippen molar-refractivity contribution in [2.45, 2.75) is 5.75 Å². The van der Waals surface area contributed by atoms with Gasteiger partial charge >= 0.3 is 0 Å². The number of ether oxygens (including phenoxy) is 2. The first kappa shape index (κ1) is 18.5. The number of hydrogen-bond donors (Lipinski definition) is 1. The average Bonchev–Trinajstić information content (AvgIpc) is 2.60. The van der Waals surface area contributed by atoms with E-state index in [4.69, 9.17) is 15.2 Å². The zero-order chi connectivity index (χ0) is 17.2. The van der Waals surface area contributed by atoms with Crippen LogP contribution in [0, 0.1) is 0 Å². The third kappa shape index (κ3) is 6.35. The van der Waals surface area contributed by atoms with Crippen molar-refractivity contribution in [1.82, 2.24) is 0 Å². The van der Waals surface area contributed by atoms with E-state index < -0.39 is 0 Å². The molecule has 24 heavy (non-hydrogen) atoms. The molecule has 2 rings (SSSR count). The van der Waals surface area contributed by atoms with Gasteiger partial charge in [0, 0.05) is 12.9 Å². The zero-order valence-corrected chi connectivity index (χ0v) is 15.6. The molecular weight excluding hydrogens is 390 g/mol. The SMILES string of the molecule is COCOc1ccc(C=NN=C(N)SCc2ccccc2)cc1Br. The Labute approximate surface area is 154 Å². The number of thioether (sulfide) groups is 1. The van der Waals surface area contributed by atoms with Crippen molar-refractivity contribution in [2.75, 3.05) is 13.9 Å². The van der Waals surface area contributed by atoms with Gasteiger partial charge in [0.25, 0.3) is 0 Å². The molecule has 0 spiro atoms. The predicted octanol–water partition coefficient (Wildman–Crippen LogP) is 4.01. The Balaban J connectivity index is 1.89. The Morgan fingerprint density at radius 3 is 2.75 bits per heavy atom. The van der Waals surface area contributed by atoms with Gasteiger partial charge in [0.2, 0.25) is 0 Å². The van der Waals surface area contributed by atoms with Crippen LogP contribution in [0.15, 0.2) is 63.2 Å². The normalized spacial score (nSPS) is 11.8. The Morgan fingerprint density at radius 1 is 1.25 bits per heavy atom. The highest BCUT2D eigenvalue weighted by molar-refractivity contribution is 9.10. The number of nitrogens with zero attached hydrogens (tertiary/aromatic N) is 2. The second-order valence-electron chi connectivity index (χ2n) is 4.70. The molecule has 0 aromatic heterocycles. The fourth-order valence-corrected chi connectivity index (χ4v) is 2.87. The Morgan fingerprint density at radius 2 is 2.04 bits per heavy atom. The van der Waals surface area contributed by atoms with Crippen molar-refractivity contribution in [1.29, 1.82) is 0 Å². The molecule has 5 nitrogen and oxygen atoms in total. The average molecular weight is 408 g/mol. The van der Waals surface area contributed by atoms with Crippen LogP contribution < -0.4 is 10.5 Å². The molecule has 0 amide bonds. The monoisotopic (exact) mass is 407 g/mol. The summed E-state index contributed by atoms with van der Waals surface area (Å²) in [5.74, 6) is 1.47. The van der Waals surface area contributed by atoms with Gasteiger partial charge in [0.05, 0.1) is 10.7 Å². The summed E-state index contributed by atoms with van der Waals surface area (Å²) in [6.45, 7) is 0.200. The third-order valence-corrected chi connectivity index (χ3v) is 4.36. The lowest BCUT2D eigenvalue weighted by molar-refractivity contribution is 0.0506. The highest BCUT2D eigenvalue weighted by Crippen LogP contribution is 2.25. The van der Waals surface area contributed by atoms with Gasteiger partial charge in [-0.2, -0.15) is 5.10 Å². The van der Waals surface area contributed by atoms with Crippen LogP contribution in [0.1, 0.15) is 11.1 Å². The number of rotatable bonds is 7. The topological polar surface area (TPSA) is 69.2 Å². The van der Waals surface area contributed by atoms with Gasteiger partial charge in [-0.15, -0.1) is 5.10 Å². The van der Waals surface area contributed by atoms with E-state index in [9.17, 15) is 0 Å². The number of nitrogens with two attached hydrogens (primary N) is 1. The third-order valence-electron chi connectivity index (χ3n) is 2.88. The van der Waals surface area contributed by atoms with Crippen LogP contribution >= 0.6 is 27.7 Å². The zero-order valence-electron chi connectivity index (χ0n) is 13.2. The number of hydrogen-bond acceptors (Lipinski definition) is 5. The first-order valence-electron chi connectivity index (χ1n) is 7.13. The van der Waals surface area contributed by atoms with Crippen molar-refractivity contribution in [2.24, 2.45) is 15.9 Å². The second-order valence-corrected chi connectivity index (χ2v) is 6.55. The lowest BCUT2D eigenvalue weighted by Gasteiger charge is -2.06. The summed E-state index contributed by atoms with van der Waals surface area (Å²) in [6, 6.07) is 15.7. The highest BCUT2D eigenvalue weighted by atomic mass is 79.9. The molecule has 2 N–H and O–H groups in total. The predicted molar refractivity (Wildman–Crippen MR) is 104 cm³/mol. The molecule has 0 bridgehead atoms. The molecule has 0 saturated carbocycles. The molecule has 0 aliphatic carbocycles. The van der Waals surface area contributed by atoms with Crippen LogP contribution in [-0.4, -0.2) is 25.3 Å². The minimum absolute atomic E-state index is 0.200. The van der Waals surface area contributed by atoms with Crippen molar-refractivity contribution < 1.29 is 9.47 Å². The maximum atomic E-state index is 5.85. The Bertz CT molecular complexity index is 708. The van der Waals surface area contributed by atoms with Crippen LogP contribution in [0.3, 0.4) is 0 Å². The fraction of sp³-hybridized carbons (Fsp3) is 0.176. The lowest BCUT2D eigenvalue weighted by atomic mass is 10.2. The minimum Gasteiger partial charge on any atom is -0.466 e. The smallest absolute Gasteiger partial charge is 0.188 e. The molecule has 0 fully saturated rings. The van der Waals surface area contributed by atoms with Crippen molar-refractivity contribution >= 4 is 39.1 Å². The van der Waals surface area contributed by atoms with Gasteiger partial charge in [0.15, 0.2) is 12.0 Å². The van der Waals surface area contributed by atoms with E-state index in [2.05, 4.69) is 26.1 Å². The number of methoxy groups -OCH3 is 1. The summed E-state index contributed by atoms with van der Waals surface area (Å²) in [7, 11) is 1.58. The van der Waals surface area contributed by atoms with Crippen LogP contribution in [0.25, 0.3) is 0 Å². The summed E-state index contributed by atoms with van der Waals surface area (Å²) in [6.07, 6.45) is 1.64. The summed E-state index contributed by atoms with van der Waals surface area (Å²) in [5.41, 5.74) is 7.93. The molecule has 0 unspecified atom stereocenters. The summed E-state index contributed by atoms with van der Waals surface area (Å²) < 4.78 is 11.1. The molecule has 126 valence electrons. The molecule has 0 radical (unpaired) electrons. The summed E-state index contributed by atoms with van der Waals surface area (Å²) in [4.78, 5) is 0. The van der Waals surface area contributed by atoms with Gasteiger partial charge in [-0.25, -0.2) is 0 Å². The van der Waals surface area contributed by atoms with E-state index in [1.807, 2.05) is 48.5 Å². The minimum atomic E-state index is 0.200. The maximum Gasteiger partial charge on any atom is 0.188 e. The molecule has 2 aromatic rings. The van der Waals surface area contributed by atoms with Gasteiger partial charge in [0.1, 0.15) is 5.75 Å². The van der Waals surface area contributed by atoms with Gasteiger partial charge in [-0.1, -0.05) is 42.1 Å². The van der Waals surface area contributed by atoms with Crippen molar-refractivity contribution in [3.8, 4) is 5.75 Å². The summed E-state index contributed by atoms with van der Waals surface area (Å²) >= 11 is 4.89. The molecule has 0 atom stereocenters. The van der Waals surface area contributed by atoms with Crippen molar-refractivity contribution in [3.05, 3.63) is 64.1 Å². The Hall–Kier alpha value is -1.83. The van der Waals surface area contributed by atoms with E-state index in [0.717, 1.165) is 15.8 Å². The molecule has 0 heterocycles. The second kappa shape index (κ2) is 10.1. The lowest BCUT2D eigenvalue weighted by Crippen LogP contribution is -2.06. The van der Waals surface area contributed by atoms with Crippen LogP contribution in [0.2, 0.25) is 0 Å². The van der Waals surface area contributed by atoms with Gasteiger partial charge < -0.3 is 15.2 Å². The molecule has 2 aromatic carbocycles. The first-order chi connectivity index (χ1) is 11.7. The molecule has 0 aliphatic rings. The van der Waals surface area contributed by atoms with E-state index in [1.165, 1.54) is 17.3 Å². The van der Waals surface area contributed by atoms with E-state index in [0.29, 0.717) is 10.9 Å².